The summed E-state index contributed by atoms with van der Waals surface area (Å²) in [5.41, 5.74) is 0. The second-order valence-corrected chi connectivity index (χ2v) is 27.8. The molecule has 3 rings (SSSR count). The molecule has 3 aliphatic rings. The number of carbonyl (C=O) groups excluding carboxylic acids is 1. The Hall–Kier alpha value is -3.81. The van der Waals surface area contributed by atoms with Gasteiger partial charge in [0.1, 0.15) is 73.2 Å². The van der Waals surface area contributed by atoms with E-state index in [1.54, 1.807) is 6.08 Å². The summed E-state index contributed by atoms with van der Waals surface area (Å²) < 4.78 is 34.4. The molecular weight excluding hydrogens is 1300 g/mol. The molecule has 12 N–H and O–H groups in total. The van der Waals surface area contributed by atoms with E-state index in [-0.39, 0.29) is 18.9 Å². The largest absolute Gasteiger partial charge is 0.394 e. The van der Waals surface area contributed by atoms with Crippen LogP contribution >= 0.6 is 0 Å². The molecule has 0 bridgehead atoms. The third kappa shape index (κ3) is 41.9. The van der Waals surface area contributed by atoms with Gasteiger partial charge in [-0.15, -0.1) is 0 Å². The average molecular weight is 1440 g/mol. The van der Waals surface area contributed by atoms with Crippen LogP contribution in [0.4, 0.5) is 0 Å². The number of rotatable bonds is 61. The van der Waals surface area contributed by atoms with Crippen LogP contribution < -0.4 is 5.32 Å². The fourth-order valence-electron chi connectivity index (χ4n) is 12.6. The van der Waals surface area contributed by atoms with Gasteiger partial charge in [0.25, 0.3) is 0 Å². The zero-order valence-electron chi connectivity index (χ0n) is 62.5. The quantitative estimate of drug-likeness (QED) is 0.0199. The van der Waals surface area contributed by atoms with Crippen molar-refractivity contribution in [2.75, 3.05) is 26.4 Å². The van der Waals surface area contributed by atoms with Crippen LogP contribution in [-0.4, -0.2) is 193 Å². The Bertz CT molecular complexity index is 2320. The molecule has 19 nitrogen and oxygen atoms in total. The van der Waals surface area contributed by atoms with Gasteiger partial charge in [-0.25, -0.2) is 0 Å². The van der Waals surface area contributed by atoms with Gasteiger partial charge in [-0.2, -0.15) is 0 Å². The summed E-state index contributed by atoms with van der Waals surface area (Å²) >= 11 is 0. The Morgan fingerprint density at radius 1 is 0.363 bits per heavy atom. The number of unbranched alkanes of at least 4 members (excludes halogenated alkanes) is 27. The van der Waals surface area contributed by atoms with E-state index < -0.39 is 124 Å². The average Bonchev–Trinajstić information content (AvgIpc) is 0.778. The number of aliphatic hydroxyl groups excluding tert-OH is 11. The highest BCUT2D eigenvalue weighted by Crippen LogP contribution is 2.33. The van der Waals surface area contributed by atoms with E-state index in [2.05, 4.69) is 129 Å². The number of hydrogen-bond donors (Lipinski definition) is 12. The van der Waals surface area contributed by atoms with E-state index in [4.69, 9.17) is 28.4 Å². The normalized spacial score (nSPS) is 26.9. The van der Waals surface area contributed by atoms with Gasteiger partial charge in [-0.3, -0.25) is 4.79 Å². The maximum atomic E-state index is 13.5. The fourth-order valence-corrected chi connectivity index (χ4v) is 12.6. The van der Waals surface area contributed by atoms with Crippen molar-refractivity contribution in [3.8, 4) is 0 Å². The van der Waals surface area contributed by atoms with E-state index >= 15 is 0 Å². The summed E-state index contributed by atoms with van der Waals surface area (Å²) in [6.45, 7) is 1.60. The maximum absolute atomic E-state index is 13.5. The van der Waals surface area contributed by atoms with E-state index in [9.17, 15) is 61.0 Å². The van der Waals surface area contributed by atoms with Gasteiger partial charge in [0.2, 0.25) is 5.91 Å². The molecule has 3 aliphatic heterocycles. The first-order valence-corrected chi connectivity index (χ1v) is 39.8. The molecule has 19 heteroatoms. The minimum absolute atomic E-state index is 0.226. The molecule has 0 radical (unpaired) electrons. The van der Waals surface area contributed by atoms with Crippen molar-refractivity contribution < 1.29 is 89.4 Å². The Balaban J connectivity index is 1.36. The molecular formula is C83H141NO18. The summed E-state index contributed by atoms with van der Waals surface area (Å²) in [4.78, 5) is 13.5. The van der Waals surface area contributed by atoms with Crippen LogP contribution in [0.1, 0.15) is 264 Å². The second-order valence-electron chi connectivity index (χ2n) is 27.8. The van der Waals surface area contributed by atoms with Gasteiger partial charge in [0, 0.05) is 6.42 Å². The second kappa shape index (κ2) is 62.3. The highest BCUT2D eigenvalue weighted by Gasteiger charge is 2.53. The first kappa shape index (κ1) is 92.4. The van der Waals surface area contributed by atoms with Crippen LogP contribution in [0.5, 0.6) is 0 Å². The van der Waals surface area contributed by atoms with Crippen molar-refractivity contribution in [1.29, 1.82) is 0 Å². The SMILES string of the molecule is CC/C=C\C/C=C\C/C=C\C/C=C\C/C=C\C/C=C\C/C=C\CCCCCCCCCCCCCCCCCC(=O)NC(COC1OC(CO)C(OC2OC(CO)C(OC3OC(CO)C(O)C(O)C3O)C(O)C2O)C(O)C1O)C(O)/C=C/CC/C=C/CC/C=C/CCCCCCCCCCCC. The predicted octanol–water partition coefficient (Wildman–Crippen LogP) is 13.1. The van der Waals surface area contributed by atoms with E-state index in [0.717, 1.165) is 103 Å². The standard InChI is InChI=1S/C83H141NO18/c1-3-5-7-9-11-13-15-17-19-21-23-25-26-27-28-29-30-31-32-33-34-35-36-37-38-39-40-41-43-45-47-49-51-53-55-57-59-61-71(89)84-66(67(88)60-58-56-54-52-50-48-46-44-42-24-22-20-18-16-14-12-10-8-6-4-2)65-97-81-77(95)74(92)79(69(63-86)99-81)102-83-78(96)75(93)80(70(64-87)100-83)101-82-76(94)73(91)72(90)68(62-85)98-82/h5,7,11,13,17,19,23,25,27-28,30-31,33-34,42,44,50,52,58,60,66-70,72-83,85-88,90-96H,3-4,6,8-10,12,14-16,18,20-22,24,26,29,32,35-41,43,45-49,51,53-57,59,61-65H2,1-2H3,(H,84,89)/b7-5-,13-11-,19-17-,25-23-,28-27-,31-30-,34-33-,44-42+,52-50+,60-58+. The van der Waals surface area contributed by atoms with Crippen molar-refractivity contribution in [2.24, 2.45) is 0 Å². The van der Waals surface area contributed by atoms with Crippen molar-refractivity contribution in [3.63, 3.8) is 0 Å². The fraction of sp³-hybridized carbons (Fsp3) is 0.747. The molecule has 0 aromatic rings. The topological polar surface area (TPSA) is 307 Å². The highest BCUT2D eigenvalue weighted by atomic mass is 16.8. The van der Waals surface area contributed by atoms with Crippen molar-refractivity contribution >= 4 is 5.91 Å². The summed E-state index contributed by atoms with van der Waals surface area (Å²) in [6, 6.07) is -1.00. The highest BCUT2D eigenvalue weighted by molar-refractivity contribution is 5.76. The third-order valence-electron chi connectivity index (χ3n) is 19.0. The maximum Gasteiger partial charge on any atom is 0.220 e. The molecule has 3 saturated heterocycles. The zero-order valence-corrected chi connectivity index (χ0v) is 62.5. The smallest absolute Gasteiger partial charge is 0.220 e. The van der Waals surface area contributed by atoms with Crippen molar-refractivity contribution in [2.45, 2.75) is 369 Å². The molecule has 1 amide bonds. The van der Waals surface area contributed by atoms with Gasteiger partial charge >= 0.3 is 0 Å². The molecule has 0 aromatic heterocycles. The van der Waals surface area contributed by atoms with E-state index in [0.29, 0.717) is 12.8 Å². The summed E-state index contributed by atoms with van der Waals surface area (Å²) in [5.74, 6) is -0.292. The number of aliphatic hydroxyl groups is 11. The first-order valence-electron chi connectivity index (χ1n) is 39.8. The van der Waals surface area contributed by atoms with Crippen LogP contribution in [0.2, 0.25) is 0 Å². The molecule has 17 atom stereocenters. The van der Waals surface area contributed by atoms with Gasteiger partial charge in [0.05, 0.1) is 38.6 Å². The molecule has 0 aromatic carbocycles. The lowest BCUT2D eigenvalue weighted by atomic mass is 9.96. The number of nitrogens with one attached hydrogen (secondary N) is 1. The summed E-state index contributed by atoms with van der Waals surface area (Å²) in [5, 5.41) is 121. The van der Waals surface area contributed by atoms with Crippen molar-refractivity contribution in [3.05, 3.63) is 122 Å². The minimum Gasteiger partial charge on any atom is -0.394 e. The summed E-state index contributed by atoms with van der Waals surface area (Å²) in [7, 11) is 0. The Morgan fingerprint density at radius 3 is 1.10 bits per heavy atom. The predicted molar refractivity (Wildman–Crippen MR) is 406 cm³/mol. The monoisotopic (exact) mass is 1440 g/mol. The van der Waals surface area contributed by atoms with Crippen LogP contribution in [0.15, 0.2) is 122 Å². The van der Waals surface area contributed by atoms with E-state index in [1.807, 2.05) is 6.08 Å². The number of allylic oxidation sites excluding steroid dienone is 19. The van der Waals surface area contributed by atoms with Crippen molar-refractivity contribution in [1.82, 2.24) is 5.32 Å². The number of ether oxygens (including phenoxy) is 6. The zero-order chi connectivity index (χ0) is 73.9. The first-order chi connectivity index (χ1) is 49.8. The molecule has 586 valence electrons. The molecule has 0 spiro atoms. The van der Waals surface area contributed by atoms with Crippen LogP contribution in [0.3, 0.4) is 0 Å². The van der Waals surface area contributed by atoms with Crippen LogP contribution in [-0.2, 0) is 33.2 Å². The van der Waals surface area contributed by atoms with E-state index in [1.165, 1.54) is 128 Å². The number of amides is 1. The summed E-state index contributed by atoms with van der Waals surface area (Å²) in [6.07, 6.45) is 60.4. The molecule has 0 aliphatic carbocycles. The lowest BCUT2D eigenvalue weighted by Gasteiger charge is -2.48. The van der Waals surface area contributed by atoms with Gasteiger partial charge in [-0.1, -0.05) is 277 Å². The lowest BCUT2D eigenvalue weighted by molar-refractivity contribution is -0.379. The number of hydrogen-bond acceptors (Lipinski definition) is 18. The molecule has 0 saturated carbocycles. The lowest BCUT2D eigenvalue weighted by Crippen LogP contribution is -2.66. The Kier molecular flexibility index (Phi) is 56.4. The molecule has 17 unspecified atom stereocenters. The van der Waals surface area contributed by atoms with Gasteiger partial charge < -0.3 is 89.9 Å². The molecule has 102 heavy (non-hydrogen) atoms. The number of carbonyl (C=O) groups is 1. The van der Waals surface area contributed by atoms with Crippen LogP contribution in [0, 0.1) is 0 Å². The Labute approximate surface area is 614 Å². The Morgan fingerprint density at radius 2 is 0.686 bits per heavy atom. The minimum atomic E-state index is -1.99. The molecule has 3 heterocycles. The van der Waals surface area contributed by atoms with Gasteiger partial charge in [0.15, 0.2) is 18.9 Å². The molecule has 3 fully saturated rings. The third-order valence-corrected chi connectivity index (χ3v) is 19.0. The van der Waals surface area contributed by atoms with Crippen LogP contribution in [0.25, 0.3) is 0 Å². The van der Waals surface area contributed by atoms with Gasteiger partial charge in [-0.05, 0) is 103 Å².